The van der Waals surface area contributed by atoms with Gasteiger partial charge in [-0.25, -0.2) is 0 Å². The third kappa shape index (κ3) is 3.32. The predicted molar refractivity (Wildman–Crippen MR) is 62.9 cm³/mol. The van der Waals surface area contributed by atoms with Crippen LogP contribution < -0.4 is 5.32 Å². The quantitative estimate of drug-likeness (QED) is 0.808. The Morgan fingerprint density at radius 3 is 2.21 bits per heavy atom. The van der Waals surface area contributed by atoms with Crippen LogP contribution in [0.2, 0.25) is 0 Å². The van der Waals surface area contributed by atoms with E-state index in [2.05, 4.69) is 36.5 Å². The van der Waals surface area contributed by atoms with Crippen molar-refractivity contribution in [3.8, 4) is 0 Å². The van der Waals surface area contributed by atoms with Gasteiger partial charge >= 0.3 is 0 Å². The van der Waals surface area contributed by atoms with Crippen molar-refractivity contribution >= 4 is 12.4 Å². The van der Waals surface area contributed by atoms with E-state index in [1.54, 1.807) is 0 Å². The molecular formula is C12H18ClN. The lowest BCUT2D eigenvalue weighted by Gasteiger charge is -2.03. The summed E-state index contributed by atoms with van der Waals surface area (Å²) in [6, 6.07) is 9.72. The molecule has 0 atom stereocenters. The highest BCUT2D eigenvalue weighted by atomic mass is 35.5. The SMILES string of the molecule is CCc1ccc(CNC2CC2)cc1.Cl. The number of aryl methyl sites for hydroxylation is 1. The van der Waals surface area contributed by atoms with Crippen LogP contribution in [-0.2, 0) is 13.0 Å². The zero-order valence-electron chi connectivity index (χ0n) is 8.62. The van der Waals surface area contributed by atoms with Gasteiger partial charge in [-0.05, 0) is 30.4 Å². The Labute approximate surface area is 92.3 Å². The van der Waals surface area contributed by atoms with Gasteiger partial charge in [-0.3, -0.25) is 0 Å². The molecule has 0 unspecified atom stereocenters. The highest BCUT2D eigenvalue weighted by Gasteiger charge is 2.19. The van der Waals surface area contributed by atoms with Crippen LogP contribution in [0.3, 0.4) is 0 Å². The summed E-state index contributed by atoms with van der Waals surface area (Å²) in [6.45, 7) is 3.23. The zero-order valence-corrected chi connectivity index (χ0v) is 9.44. The average molecular weight is 212 g/mol. The minimum atomic E-state index is 0. The maximum Gasteiger partial charge on any atom is 0.0208 e. The largest absolute Gasteiger partial charge is 0.310 e. The Morgan fingerprint density at radius 2 is 1.71 bits per heavy atom. The van der Waals surface area contributed by atoms with Crippen LogP contribution in [0, 0.1) is 0 Å². The molecule has 0 bridgehead atoms. The third-order valence-electron chi connectivity index (χ3n) is 2.60. The second-order valence-electron chi connectivity index (χ2n) is 3.83. The monoisotopic (exact) mass is 211 g/mol. The molecule has 14 heavy (non-hydrogen) atoms. The van der Waals surface area contributed by atoms with E-state index < -0.39 is 0 Å². The number of benzene rings is 1. The molecule has 1 N–H and O–H groups in total. The van der Waals surface area contributed by atoms with E-state index in [0.717, 1.165) is 19.0 Å². The van der Waals surface area contributed by atoms with Crippen LogP contribution in [0.4, 0.5) is 0 Å². The van der Waals surface area contributed by atoms with Crippen LogP contribution in [0.25, 0.3) is 0 Å². The van der Waals surface area contributed by atoms with E-state index in [1.807, 2.05) is 0 Å². The molecule has 2 rings (SSSR count). The molecule has 0 aliphatic heterocycles. The molecule has 0 spiro atoms. The zero-order chi connectivity index (χ0) is 9.10. The molecule has 1 saturated carbocycles. The molecule has 0 aromatic heterocycles. The average Bonchev–Trinajstić information content (AvgIpc) is 2.99. The van der Waals surface area contributed by atoms with Gasteiger partial charge in [-0.2, -0.15) is 0 Å². The minimum Gasteiger partial charge on any atom is -0.310 e. The number of hydrogen-bond acceptors (Lipinski definition) is 1. The van der Waals surface area contributed by atoms with Crippen molar-refractivity contribution < 1.29 is 0 Å². The standard InChI is InChI=1S/C12H17N.ClH/c1-2-10-3-5-11(6-4-10)9-13-12-7-8-12;/h3-6,12-13H,2,7-9H2,1H3;1H. The predicted octanol–water partition coefficient (Wildman–Crippen LogP) is 2.92. The Hall–Kier alpha value is -0.530. The van der Waals surface area contributed by atoms with E-state index in [4.69, 9.17) is 0 Å². The summed E-state index contributed by atoms with van der Waals surface area (Å²) in [5.41, 5.74) is 2.83. The summed E-state index contributed by atoms with van der Waals surface area (Å²) in [7, 11) is 0. The molecule has 1 aliphatic rings. The van der Waals surface area contributed by atoms with E-state index in [-0.39, 0.29) is 12.4 Å². The Kier molecular flexibility index (Phi) is 4.43. The number of rotatable bonds is 4. The lowest BCUT2D eigenvalue weighted by molar-refractivity contribution is 0.687. The van der Waals surface area contributed by atoms with E-state index in [0.29, 0.717) is 0 Å². The molecule has 2 heteroatoms. The van der Waals surface area contributed by atoms with Gasteiger partial charge < -0.3 is 5.32 Å². The third-order valence-corrected chi connectivity index (χ3v) is 2.60. The first kappa shape index (κ1) is 11.5. The fourth-order valence-electron chi connectivity index (χ4n) is 1.44. The first-order chi connectivity index (χ1) is 6.38. The lowest BCUT2D eigenvalue weighted by Crippen LogP contribution is -2.15. The smallest absolute Gasteiger partial charge is 0.0208 e. The second-order valence-corrected chi connectivity index (χ2v) is 3.83. The lowest BCUT2D eigenvalue weighted by atomic mass is 10.1. The molecule has 78 valence electrons. The van der Waals surface area contributed by atoms with Gasteiger partial charge in [0, 0.05) is 12.6 Å². The van der Waals surface area contributed by atoms with Crippen molar-refractivity contribution in [1.82, 2.24) is 5.32 Å². The van der Waals surface area contributed by atoms with Gasteiger partial charge in [0.05, 0.1) is 0 Å². The van der Waals surface area contributed by atoms with Gasteiger partial charge in [0.15, 0.2) is 0 Å². The molecule has 0 heterocycles. The molecule has 1 fully saturated rings. The van der Waals surface area contributed by atoms with E-state index >= 15 is 0 Å². The summed E-state index contributed by atoms with van der Waals surface area (Å²) < 4.78 is 0. The first-order valence-corrected chi connectivity index (χ1v) is 5.19. The number of hydrogen-bond donors (Lipinski definition) is 1. The highest BCUT2D eigenvalue weighted by molar-refractivity contribution is 5.85. The van der Waals surface area contributed by atoms with Crippen molar-refractivity contribution in [1.29, 1.82) is 0 Å². The first-order valence-electron chi connectivity index (χ1n) is 5.19. The molecule has 1 nitrogen and oxygen atoms in total. The van der Waals surface area contributed by atoms with Crippen molar-refractivity contribution in [2.75, 3.05) is 0 Å². The van der Waals surface area contributed by atoms with Crippen LogP contribution in [-0.4, -0.2) is 6.04 Å². The Morgan fingerprint density at radius 1 is 1.14 bits per heavy atom. The molecule has 1 aromatic rings. The summed E-state index contributed by atoms with van der Waals surface area (Å²) in [4.78, 5) is 0. The summed E-state index contributed by atoms with van der Waals surface area (Å²) in [5.74, 6) is 0. The van der Waals surface area contributed by atoms with Crippen LogP contribution in [0.1, 0.15) is 30.9 Å². The van der Waals surface area contributed by atoms with Crippen molar-refractivity contribution in [3.05, 3.63) is 35.4 Å². The van der Waals surface area contributed by atoms with E-state index in [9.17, 15) is 0 Å². The van der Waals surface area contributed by atoms with Gasteiger partial charge in [0.25, 0.3) is 0 Å². The van der Waals surface area contributed by atoms with Crippen LogP contribution in [0.15, 0.2) is 24.3 Å². The van der Waals surface area contributed by atoms with Gasteiger partial charge in [-0.15, -0.1) is 12.4 Å². The Balaban J connectivity index is 0.000000980. The molecule has 1 aromatic carbocycles. The summed E-state index contributed by atoms with van der Waals surface area (Å²) >= 11 is 0. The fourth-order valence-corrected chi connectivity index (χ4v) is 1.44. The molecule has 0 amide bonds. The second kappa shape index (κ2) is 5.38. The van der Waals surface area contributed by atoms with Crippen molar-refractivity contribution in [2.24, 2.45) is 0 Å². The molecular weight excluding hydrogens is 194 g/mol. The van der Waals surface area contributed by atoms with Gasteiger partial charge in [0.2, 0.25) is 0 Å². The summed E-state index contributed by atoms with van der Waals surface area (Å²) in [5, 5.41) is 3.51. The highest BCUT2D eigenvalue weighted by Crippen LogP contribution is 2.19. The van der Waals surface area contributed by atoms with E-state index in [1.165, 1.54) is 24.0 Å². The number of halogens is 1. The van der Waals surface area contributed by atoms with Gasteiger partial charge in [-0.1, -0.05) is 31.2 Å². The molecule has 0 saturated heterocycles. The topological polar surface area (TPSA) is 12.0 Å². The Bertz CT molecular complexity index is 264. The van der Waals surface area contributed by atoms with Crippen molar-refractivity contribution in [2.45, 2.75) is 38.8 Å². The van der Waals surface area contributed by atoms with Gasteiger partial charge in [0.1, 0.15) is 0 Å². The molecule has 0 radical (unpaired) electrons. The molecule has 1 aliphatic carbocycles. The van der Waals surface area contributed by atoms with Crippen LogP contribution >= 0.6 is 12.4 Å². The van der Waals surface area contributed by atoms with Crippen LogP contribution in [0.5, 0.6) is 0 Å². The minimum absolute atomic E-state index is 0. The maximum absolute atomic E-state index is 3.51. The normalized spacial score (nSPS) is 14.9. The summed E-state index contributed by atoms with van der Waals surface area (Å²) in [6.07, 6.45) is 3.87. The fraction of sp³-hybridized carbons (Fsp3) is 0.500. The number of nitrogens with one attached hydrogen (secondary N) is 1. The van der Waals surface area contributed by atoms with Crippen molar-refractivity contribution in [3.63, 3.8) is 0 Å². The maximum atomic E-state index is 3.51.